The molecule has 2 rings (SSSR count). The van der Waals surface area contributed by atoms with Crippen molar-refractivity contribution in [2.45, 2.75) is 24.2 Å². The number of hydrogen-bond acceptors (Lipinski definition) is 2. The van der Waals surface area contributed by atoms with Crippen molar-refractivity contribution in [1.29, 1.82) is 0 Å². The van der Waals surface area contributed by atoms with E-state index in [0.29, 0.717) is 11.7 Å². The van der Waals surface area contributed by atoms with Crippen LogP contribution in [0, 0.1) is 5.92 Å². The number of ketones is 1. The van der Waals surface area contributed by atoms with Gasteiger partial charge in [0.1, 0.15) is 0 Å². The number of carbonyl (C=O) groups excluding carboxylic acids is 1. The average Bonchev–Trinajstić information content (AvgIpc) is 3.02. The number of thioether (sulfide) groups is 1. The summed E-state index contributed by atoms with van der Waals surface area (Å²) in [5, 5.41) is 0. The van der Waals surface area contributed by atoms with Crippen LogP contribution in [0.3, 0.4) is 0 Å². The summed E-state index contributed by atoms with van der Waals surface area (Å²) in [6.45, 7) is 0. The van der Waals surface area contributed by atoms with Crippen molar-refractivity contribution in [3.05, 3.63) is 29.8 Å². The smallest absolute Gasteiger partial charge is 0.163 e. The molecule has 1 saturated carbocycles. The second-order valence-corrected chi connectivity index (χ2v) is 4.68. The second-order valence-electron chi connectivity index (χ2n) is 3.80. The van der Waals surface area contributed by atoms with Gasteiger partial charge < -0.3 is 0 Å². The Morgan fingerprint density at radius 2 is 2.00 bits per heavy atom. The molecule has 14 heavy (non-hydrogen) atoms. The molecule has 0 saturated heterocycles. The summed E-state index contributed by atoms with van der Waals surface area (Å²) < 4.78 is 0. The summed E-state index contributed by atoms with van der Waals surface area (Å²) in [6, 6.07) is 7.92. The van der Waals surface area contributed by atoms with E-state index >= 15 is 0 Å². The van der Waals surface area contributed by atoms with E-state index in [4.69, 9.17) is 0 Å². The van der Waals surface area contributed by atoms with Crippen LogP contribution in [-0.2, 0) is 0 Å². The van der Waals surface area contributed by atoms with E-state index in [1.165, 1.54) is 17.7 Å². The fourth-order valence-electron chi connectivity index (χ4n) is 1.48. The van der Waals surface area contributed by atoms with Crippen molar-refractivity contribution in [2.75, 3.05) is 6.26 Å². The lowest BCUT2D eigenvalue weighted by Crippen LogP contribution is -1.99. The molecule has 1 fully saturated rings. The molecule has 1 aromatic rings. The van der Waals surface area contributed by atoms with Gasteiger partial charge in [0.15, 0.2) is 5.78 Å². The SMILES string of the molecule is CSc1ccc(C(=O)CC2CC2)cc1. The van der Waals surface area contributed by atoms with Crippen molar-refractivity contribution in [1.82, 2.24) is 0 Å². The molecule has 74 valence electrons. The van der Waals surface area contributed by atoms with E-state index in [2.05, 4.69) is 0 Å². The molecule has 2 heteroatoms. The van der Waals surface area contributed by atoms with Gasteiger partial charge in [0.2, 0.25) is 0 Å². The van der Waals surface area contributed by atoms with Gasteiger partial charge >= 0.3 is 0 Å². The van der Waals surface area contributed by atoms with Crippen LogP contribution in [0.5, 0.6) is 0 Å². The summed E-state index contributed by atoms with van der Waals surface area (Å²) in [5.74, 6) is 0.989. The Bertz CT molecular complexity index is 325. The Kier molecular flexibility index (Phi) is 2.92. The Morgan fingerprint density at radius 1 is 1.36 bits per heavy atom. The highest BCUT2D eigenvalue weighted by atomic mass is 32.2. The van der Waals surface area contributed by atoms with E-state index < -0.39 is 0 Å². The van der Waals surface area contributed by atoms with Gasteiger partial charge in [-0.15, -0.1) is 11.8 Å². The maximum absolute atomic E-state index is 11.7. The second kappa shape index (κ2) is 4.18. The van der Waals surface area contributed by atoms with Gasteiger partial charge in [-0.25, -0.2) is 0 Å². The standard InChI is InChI=1S/C12H14OS/c1-14-11-6-4-10(5-7-11)12(13)8-9-2-3-9/h4-7,9H,2-3,8H2,1H3. The summed E-state index contributed by atoms with van der Waals surface area (Å²) in [7, 11) is 0. The molecule has 0 amide bonds. The van der Waals surface area contributed by atoms with Crippen LogP contribution in [-0.4, -0.2) is 12.0 Å². The minimum absolute atomic E-state index is 0.306. The van der Waals surface area contributed by atoms with Gasteiger partial charge in [-0.1, -0.05) is 12.1 Å². The fraction of sp³-hybridized carbons (Fsp3) is 0.417. The molecule has 0 heterocycles. The predicted octanol–water partition coefficient (Wildman–Crippen LogP) is 3.39. The lowest BCUT2D eigenvalue weighted by molar-refractivity contribution is 0.0976. The molecule has 0 N–H and O–H groups in total. The van der Waals surface area contributed by atoms with Crippen molar-refractivity contribution < 1.29 is 4.79 Å². The number of hydrogen-bond donors (Lipinski definition) is 0. The first-order valence-electron chi connectivity index (χ1n) is 4.97. The lowest BCUT2D eigenvalue weighted by Gasteiger charge is -2.00. The number of carbonyl (C=O) groups is 1. The molecule has 1 aliphatic rings. The summed E-state index contributed by atoms with van der Waals surface area (Å²) in [4.78, 5) is 12.9. The van der Waals surface area contributed by atoms with E-state index in [0.717, 1.165) is 12.0 Å². The Hall–Kier alpha value is -0.760. The highest BCUT2D eigenvalue weighted by molar-refractivity contribution is 7.98. The molecule has 0 aromatic heterocycles. The quantitative estimate of drug-likeness (QED) is 0.555. The monoisotopic (exact) mass is 206 g/mol. The van der Waals surface area contributed by atoms with E-state index in [-0.39, 0.29) is 0 Å². The maximum Gasteiger partial charge on any atom is 0.163 e. The largest absolute Gasteiger partial charge is 0.294 e. The van der Waals surface area contributed by atoms with E-state index in [1.807, 2.05) is 30.5 Å². The van der Waals surface area contributed by atoms with Gasteiger partial charge in [-0.3, -0.25) is 4.79 Å². The predicted molar refractivity (Wildman–Crippen MR) is 59.9 cm³/mol. The fourth-order valence-corrected chi connectivity index (χ4v) is 1.89. The van der Waals surface area contributed by atoms with Crippen LogP contribution in [0.4, 0.5) is 0 Å². The average molecular weight is 206 g/mol. The Balaban J connectivity index is 2.03. The zero-order valence-electron chi connectivity index (χ0n) is 8.32. The zero-order valence-corrected chi connectivity index (χ0v) is 9.14. The normalized spacial score (nSPS) is 15.5. The Labute approximate surface area is 88.9 Å². The molecule has 1 aliphatic carbocycles. The third kappa shape index (κ3) is 2.38. The van der Waals surface area contributed by atoms with Crippen molar-refractivity contribution in [3.8, 4) is 0 Å². The summed E-state index contributed by atoms with van der Waals surface area (Å²) in [5.41, 5.74) is 0.870. The number of benzene rings is 1. The first-order valence-corrected chi connectivity index (χ1v) is 6.19. The summed E-state index contributed by atoms with van der Waals surface area (Å²) in [6.07, 6.45) is 5.28. The molecule has 0 radical (unpaired) electrons. The first-order chi connectivity index (χ1) is 6.79. The summed E-state index contributed by atoms with van der Waals surface area (Å²) >= 11 is 1.70. The molecule has 0 spiro atoms. The molecule has 1 aromatic carbocycles. The van der Waals surface area contributed by atoms with Gasteiger partial charge in [0.25, 0.3) is 0 Å². The van der Waals surface area contributed by atoms with Crippen LogP contribution in [0.2, 0.25) is 0 Å². The molecular formula is C12H14OS. The first kappa shape index (κ1) is 9.78. The minimum atomic E-state index is 0.306. The topological polar surface area (TPSA) is 17.1 Å². The van der Waals surface area contributed by atoms with Crippen molar-refractivity contribution >= 4 is 17.5 Å². The van der Waals surface area contributed by atoms with Crippen LogP contribution < -0.4 is 0 Å². The third-order valence-electron chi connectivity index (χ3n) is 2.58. The minimum Gasteiger partial charge on any atom is -0.294 e. The molecule has 0 aliphatic heterocycles. The molecule has 1 nitrogen and oxygen atoms in total. The maximum atomic E-state index is 11.7. The van der Waals surface area contributed by atoms with Crippen LogP contribution in [0.1, 0.15) is 29.6 Å². The van der Waals surface area contributed by atoms with Gasteiger partial charge in [0, 0.05) is 16.9 Å². The molecule has 0 unspecified atom stereocenters. The van der Waals surface area contributed by atoms with Gasteiger partial charge in [-0.05, 0) is 37.1 Å². The highest BCUT2D eigenvalue weighted by Crippen LogP contribution is 2.33. The van der Waals surface area contributed by atoms with Crippen molar-refractivity contribution in [2.24, 2.45) is 5.92 Å². The van der Waals surface area contributed by atoms with Crippen LogP contribution >= 0.6 is 11.8 Å². The molecular weight excluding hydrogens is 192 g/mol. The number of rotatable bonds is 4. The van der Waals surface area contributed by atoms with E-state index in [9.17, 15) is 4.79 Å². The van der Waals surface area contributed by atoms with Crippen molar-refractivity contribution in [3.63, 3.8) is 0 Å². The molecule has 0 atom stereocenters. The Morgan fingerprint density at radius 3 is 2.50 bits per heavy atom. The third-order valence-corrected chi connectivity index (χ3v) is 3.33. The van der Waals surface area contributed by atoms with Gasteiger partial charge in [0.05, 0.1) is 0 Å². The van der Waals surface area contributed by atoms with Gasteiger partial charge in [-0.2, -0.15) is 0 Å². The zero-order chi connectivity index (χ0) is 9.97. The van der Waals surface area contributed by atoms with E-state index in [1.54, 1.807) is 11.8 Å². The van der Waals surface area contributed by atoms with Crippen LogP contribution in [0.15, 0.2) is 29.2 Å². The molecule has 0 bridgehead atoms. The number of Topliss-reactive ketones (excluding diaryl/α,β-unsaturated/α-hetero) is 1. The lowest BCUT2D eigenvalue weighted by atomic mass is 10.1. The van der Waals surface area contributed by atoms with Crippen LogP contribution in [0.25, 0.3) is 0 Å². The highest BCUT2D eigenvalue weighted by Gasteiger charge is 2.24.